The molecular formula is C14H16ClF2N3. The van der Waals surface area contributed by atoms with Crippen LogP contribution in [0.1, 0.15) is 24.6 Å². The normalized spacial score (nSPS) is 15.9. The molecule has 0 aliphatic carbocycles. The number of hydrogen-bond acceptors (Lipinski definition) is 2. The lowest BCUT2D eigenvalue weighted by molar-refractivity contribution is 0.447. The zero-order chi connectivity index (χ0) is 13.2. The Morgan fingerprint density at radius 1 is 1.15 bits per heavy atom. The number of benzene rings is 1. The summed E-state index contributed by atoms with van der Waals surface area (Å²) in [5.74, 6) is 0.138. The van der Waals surface area contributed by atoms with Crippen LogP contribution < -0.4 is 5.32 Å². The second-order valence-electron chi connectivity index (χ2n) is 4.83. The Bertz CT molecular complexity index is 580. The Kier molecular flexibility index (Phi) is 4.73. The van der Waals surface area contributed by atoms with E-state index in [9.17, 15) is 8.78 Å². The summed E-state index contributed by atoms with van der Waals surface area (Å²) >= 11 is 0. The number of piperidine rings is 1. The molecule has 108 valence electrons. The van der Waals surface area contributed by atoms with Gasteiger partial charge in [-0.2, -0.15) is 0 Å². The smallest absolute Gasteiger partial charge is 0.135 e. The lowest BCUT2D eigenvalue weighted by Crippen LogP contribution is -2.27. The van der Waals surface area contributed by atoms with Crippen molar-refractivity contribution in [3.8, 4) is 11.3 Å². The average Bonchev–Trinajstić information content (AvgIpc) is 2.89. The Morgan fingerprint density at radius 3 is 2.60 bits per heavy atom. The Balaban J connectivity index is 0.00000147. The van der Waals surface area contributed by atoms with Crippen LogP contribution >= 0.6 is 12.4 Å². The zero-order valence-corrected chi connectivity index (χ0v) is 11.6. The monoisotopic (exact) mass is 299 g/mol. The molecule has 0 spiro atoms. The van der Waals surface area contributed by atoms with Crippen molar-refractivity contribution in [3.63, 3.8) is 0 Å². The van der Waals surface area contributed by atoms with Gasteiger partial charge in [-0.25, -0.2) is 13.8 Å². The molecule has 1 aliphatic heterocycles. The fourth-order valence-electron chi connectivity index (χ4n) is 2.48. The molecule has 0 radical (unpaired) electrons. The van der Waals surface area contributed by atoms with Crippen molar-refractivity contribution >= 4 is 12.4 Å². The second kappa shape index (κ2) is 6.33. The van der Waals surface area contributed by atoms with Crippen LogP contribution in [-0.2, 0) is 0 Å². The third kappa shape index (κ3) is 2.99. The first-order valence-electron chi connectivity index (χ1n) is 6.45. The fourth-order valence-corrected chi connectivity index (χ4v) is 2.48. The molecule has 0 saturated carbocycles. The highest BCUT2D eigenvalue weighted by Gasteiger charge is 2.19. The largest absolute Gasteiger partial charge is 0.342 e. The van der Waals surface area contributed by atoms with Crippen LogP contribution in [0.4, 0.5) is 8.78 Å². The summed E-state index contributed by atoms with van der Waals surface area (Å²) in [4.78, 5) is 7.49. The minimum atomic E-state index is -0.570. The van der Waals surface area contributed by atoms with Crippen LogP contribution in [0.5, 0.6) is 0 Å². The zero-order valence-electron chi connectivity index (χ0n) is 10.8. The second-order valence-corrected chi connectivity index (χ2v) is 4.83. The van der Waals surface area contributed by atoms with E-state index in [-0.39, 0.29) is 12.4 Å². The maximum Gasteiger partial charge on any atom is 0.135 e. The number of nitrogens with zero attached hydrogens (tertiary/aromatic N) is 1. The van der Waals surface area contributed by atoms with Crippen LogP contribution in [0, 0.1) is 11.6 Å². The van der Waals surface area contributed by atoms with Crippen molar-refractivity contribution in [2.75, 3.05) is 13.1 Å². The molecule has 20 heavy (non-hydrogen) atoms. The lowest BCUT2D eigenvalue weighted by atomic mass is 9.98. The van der Waals surface area contributed by atoms with Crippen molar-refractivity contribution in [2.24, 2.45) is 0 Å². The predicted molar refractivity (Wildman–Crippen MR) is 76.0 cm³/mol. The molecule has 1 aliphatic rings. The number of aromatic nitrogens is 2. The van der Waals surface area contributed by atoms with Crippen molar-refractivity contribution < 1.29 is 8.78 Å². The number of rotatable bonds is 2. The van der Waals surface area contributed by atoms with E-state index in [1.807, 2.05) is 0 Å². The standard InChI is InChI=1S/C14H15F2N3.ClH/c15-10-1-2-11(12(16)7-10)13-8-18-14(19-13)9-3-5-17-6-4-9;/h1-2,7-9,17H,3-6H2,(H,18,19);1H. The number of halogens is 3. The van der Waals surface area contributed by atoms with Crippen LogP contribution in [0.3, 0.4) is 0 Å². The topological polar surface area (TPSA) is 40.7 Å². The molecule has 1 fully saturated rings. The summed E-state index contributed by atoms with van der Waals surface area (Å²) in [5.41, 5.74) is 0.958. The van der Waals surface area contributed by atoms with Gasteiger partial charge < -0.3 is 10.3 Å². The predicted octanol–water partition coefficient (Wildman–Crippen LogP) is 3.24. The molecule has 2 N–H and O–H groups in total. The van der Waals surface area contributed by atoms with Gasteiger partial charge in [-0.3, -0.25) is 0 Å². The van der Waals surface area contributed by atoms with Gasteiger partial charge in [0, 0.05) is 17.5 Å². The van der Waals surface area contributed by atoms with Crippen LogP contribution in [-0.4, -0.2) is 23.1 Å². The highest BCUT2D eigenvalue weighted by molar-refractivity contribution is 5.85. The average molecular weight is 300 g/mol. The molecule has 1 aromatic heterocycles. The molecule has 1 saturated heterocycles. The maximum atomic E-state index is 13.7. The van der Waals surface area contributed by atoms with E-state index in [4.69, 9.17) is 0 Å². The summed E-state index contributed by atoms with van der Waals surface area (Å²) in [6.45, 7) is 1.96. The van der Waals surface area contributed by atoms with Gasteiger partial charge in [0.1, 0.15) is 17.5 Å². The molecule has 0 amide bonds. The van der Waals surface area contributed by atoms with Crippen molar-refractivity contribution in [2.45, 2.75) is 18.8 Å². The molecule has 3 rings (SSSR count). The molecule has 0 unspecified atom stereocenters. The van der Waals surface area contributed by atoms with Gasteiger partial charge in [-0.05, 0) is 38.1 Å². The number of hydrogen-bond donors (Lipinski definition) is 2. The molecule has 1 aromatic carbocycles. The quantitative estimate of drug-likeness (QED) is 0.894. The van der Waals surface area contributed by atoms with Gasteiger partial charge in [0.25, 0.3) is 0 Å². The van der Waals surface area contributed by atoms with Crippen LogP contribution in [0.25, 0.3) is 11.3 Å². The Labute approximate surface area is 122 Å². The third-order valence-electron chi connectivity index (χ3n) is 3.54. The van der Waals surface area contributed by atoms with Crippen molar-refractivity contribution in [1.82, 2.24) is 15.3 Å². The number of aromatic amines is 1. The molecule has 2 heterocycles. The third-order valence-corrected chi connectivity index (χ3v) is 3.54. The molecule has 0 atom stereocenters. The number of imidazole rings is 1. The minimum absolute atomic E-state index is 0. The van der Waals surface area contributed by atoms with Crippen LogP contribution in [0.2, 0.25) is 0 Å². The molecule has 2 aromatic rings. The first-order valence-corrected chi connectivity index (χ1v) is 6.45. The summed E-state index contributed by atoms with van der Waals surface area (Å²) in [7, 11) is 0. The van der Waals surface area contributed by atoms with E-state index in [0.29, 0.717) is 17.2 Å². The molecule has 6 heteroatoms. The van der Waals surface area contributed by atoms with E-state index in [0.717, 1.165) is 37.8 Å². The highest BCUT2D eigenvalue weighted by atomic mass is 35.5. The van der Waals surface area contributed by atoms with Gasteiger partial charge in [0.2, 0.25) is 0 Å². The summed E-state index contributed by atoms with van der Waals surface area (Å²) < 4.78 is 26.6. The first-order chi connectivity index (χ1) is 9.24. The number of H-pyrrole nitrogens is 1. The summed E-state index contributed by atoms with van der Waals surface area (Å²) in [5, 5.41) is 3.29. The molecular weight excluding hydrogens is 284 g/mol. The SMILES string of the molecule is Cl.Fc1ccc(-c2cnc(C3CCNCC3)[nH]2)c(F)c1. The lowest BCUT2D eigenvalue weighted by Gasteiger charge is -2.20. The van der Waals surface area contributed by atoms with Crippen molar-refractivity contribution in [1.29, 1.82) is 0 Å². The van der Waals surface area contributed by atoms with Gasteiger partial charge in [0.15, 0.2) is 0 Å². The minimum Gasteiger partial charge on any atom is -0.342 e. The first kappa shape index (κ1) is 14.9. The van der Waals surface area contributed by atoms with E-state index in [1.165, 1.54) is 12.1 Å². The van der Waals surface area contributed by atoms with Gasteiger partial charge >= 0.3 is 0 Å². The van der Waals surface area contributed by atoms with E-state index in [2.05, 4.69) is 15.3 Å². The van der Waals surface area contributed by atoms with Gasteiger partial charge in [-0.15, -0.1) is 12.4 Å². The molecule has 0 bridgehead atoms. The summed E-state index contributed by atoms with van der Waals surface area (Å²) in [6, 6.07) is 3.58. The van der Waals surface area contributed by atoms with Crippen molar-refractivity contribution in [3.05, 3.63) is 41.9 Å². The van der Waals surface area contributed by atoms with Gasteiger partial charge in [0.05, 0.1) is 11.9 Å². The molecule has 3 nitrogen and oxygen atoms in total. The maximum absolute atomic E-state index is 13.7. The van der Waals surface area contributed by atoms with Gasteiger partial charge in [-0.1, -0.05) is 0 Å². The highest BCUT2D eigenvalue weighted by Crippen LogP contribution is 2.27. The van der Waals surface area contributed by atoms with E-state index < -0.39 is 11.6 Å². The number of nitrogens with one attached hydrogen (secondary N) is 2. The Hall–Kier alpha value is -1.46. The van der Waals surface area contributed by atoms with Crippen LogP contribution in [0.15, 0.2) is 24.4 Å². The fraction of sp³-hybridized carbons (Fsp3) is 0.357. The van der Waals surface area contributed by atoms with E-state index >= 15 is 0 Å². The summed E-state index contributed by atoms with van der Waals surface area (Å²) in [6.07, 6.45) is 3.67. The van der Waals surface area contributed by atoms with E-state index in [1.54, 1.807) is 6.20 Å². The Morgan fingerprint density at radius 2 is 1.90 bits per heavy atom.